The van der Waals surface area contributed by atoms with Gasteiger partial charge in [0.1, 0.15) is 0 Å². The molecule has 1 aliphatic heterocycles. The third-order valence-electron chi connectivity index (χ3n) is 4.76. The van der Waals surface area contributed by atoms with Crippen LogP contribution in [0.3, 0.4) is 0 Å². The minimum Gasteiger partial charge on any atom is -0.372 e. The van der Waals surface area contributed by atoms with Crippen LogP contribution in [-0.4, -0.2) is 31.1 Å². The van der Waals surface area contributed by atoms with E-state index in [0.29, 0.717) is 16.3 Å². The number of benzene rings is 2. The summed E-state index contributed by atoms with van der Waals surface area (Å²) in [6, 6.07) is 14.4. The molecule has 0 amide bonds. The van der Waals surface area contributed by atoms with Gasteiger partial charge in [0.25, 0.3) is 0 Å². The third kappa shape index (κ3) is 3.37. The molecule has 0 unspecified atom stereocenters. The summed E-state index contributed by atoms with van der Waals surface area (Å²) in [7, 11) is -3.52. The molecule has 0 radical (unpaired) electrons. The highest BCUT2D eigenvalue weighted by Crippen LogP contribution is 2.27. The summed E-state index contributed by atoms with van der Waals surface area (Å²) in [6.45, 7) is 2.66. The average molecular weight is 367 g/mol. The summed E-state index contributed by atoms with van der Waals surface area (Å²) in [5.41, 5.74) is 2.02. The summed E-state index contributed by atoms with van der Waals surface area (Å²) < 4.78 is 27.9. The monoisotopic (exact) mass is 367 g/mol. The van der Waals surface area contributed by atoms with Gasteiger partial charge in [-0.1, -0.05) is 18.2 Å². The molecule has 5 nitrogen and oxygen atoms in total. The summed E-state index contributed by atoms with van der Waals surface area (Å²) in [5.74, 6) is 0. The van der Waals surface area contributed by atoms with Crippen LogP contribution in [0.1, 0.15) is 18.4 Å². The van der Waals surface area contributed by atoms with Gasteiger partial charge in [0.15, 0.2) is 0 Å². The van der Waals surface area contributed by atoms with Crippen LogP contribution in [0.4, 0.5) is 5.69 Å². The average Bonchev–Trinajstić information content (AvgIpc) is 3.36. The van der Waals surface area contributed by atoms with Crippen LogP contribution in [0.15, 0.2) is 77.0 Å². The topological polar surface area (TPSA) is 55.2 Å². The van der Waals surface area contributed by atoms with E-state index >= 15 is 0 Å². The van der Waals surface area contributed by atoms with Gasteiger partial charge in [-0.05, 0) is 48.7 Å². The lowest BCUT2D eigenvalue weighted by Crippen LogP contribution is -2.17. The quantitative estimate of drug-likeness (QED) is 0.694. The molecular weight excluding hydrogens is 346 g/mol. The minimum absolute atomic E-state index is 0.324. The fraction of sp³-hybridized carbons (Fsp3) is 0.250. The number of sulfone groups is 1. The molecule has 0 N–H and O–H groups in total. The molecule has 4 rings (SSSR count). The molecule has 0 bridgehead atoms. The zero-order valence-corrected chi connectivity index (χ0v) is 15.3. The van der Waals surface area contributed by atoms with Gasteiger partial charge < -0.3 is 9.47 Å². The standard InChI is InChI=1S/C20H21N3O2S/c24-26(25,20-5-3-4-18(14-20)23-11-1-2-12-23)19-8-6-17(7-9-19)15-22-13-10-21-16-22/h3-10,13-14,16H,1-2,11-12,15H2. The van der Waals surface area contributed by atoms with Gasteiger partial charge in [-0.25, -0.2) is 13.4 Å². The molecule has 2 heterocycles. The molecule has 1 saturated heterocycles. The molecule has 1 fully saturated rings. The van der Waals surface area contributed by atoms with Crippen molar-refractivity contribution >= 4 is 15.5 Å². The fourth-order valence-corrected chi connectivity index (χ4v) is 4.62. The van der Waals surface area contributed by atoms with Crippen molar-refractivity contribution in [2.45, 2.75) is 29.2 Å². The SMILES string of the molecule is O=S(=O)(c1ccc(Cn2ccnc2)cc1)c1cccc(N2CCCC2)c1. The van der Waals surface area contributed by atoms with Gasteiger partial charge in [-0.2, -0.15) is 0 Å². The summed E-state index contributed by atoms with van der Waals surface area (Å²) in [4.78, 5) is 6.94. The molecule has 3 aromatic rings. The number of nitrogens with zero attached hydrogens (tertiary/aromatic N) is 3. The molecule has 26 heavy (non-hydrogen) atoms. The van der Waals surface area contributed by atoms with Crippen LogP contribution in [0.2, 0.25) is 0 Å². The van der Waals surface area contributed by atoms with Crippen LogP contribution in [-0.2, 0) is 16.4 Å². The molecule has 1 aliphatic rings. The summed E-state index contributed by atoms with van der Waals surface area (Å²) in [5, 5.41) is 0. The third-order valence-corrected chi connectivity index (χ3v) is 6.52. The van der Waals surface area contributed by atoms with Gasteiger partial charge in [0.05, 0.1) is 16.1 Å². The van der Waals surface area contributed by atoms with E-state index in [1.165, 1.54) is 0 Å². The van der Waals surface area contributed by atoms with E-state index in [2.05, 4.69) is 9.88 Å². The van der Waals surface area contributed by atoms with Crippen molar-refractivity contribution in [3.8, 4) is 0 Å². The predicted molar refractivity (Wildman–Crippen MR) is 101 cm³/mol. The van der Waals surface area contributed by atoms with Gasteiger partial charge in [0.2, 0.25) is 9.84 Å². The zero-order chi connectivity index (χ0) is 18.0. The van der Waals surface area contributed by atoms with Crippen molar-refractivity contribution in [2.75, 3.05) is 18.0 Å². The highest BCUT2D eigenvalue weighted by atomic mass is 32.2. The van der Waals surface area contributed by atoms with Crippen LogP contribution in [0, 0.1) is 0 Å². The van der Waals surface area contributed by atoms with E-state index in [4.69, 9.17) is 0 Å². The summed E-state index contributed by atoms with van der Waals surface area (Å²) in [6.07, 6.45) is 7.68. The Balaban J connectivity index is 1.59. The first-order valence-corrected chi connectivity index (χ1v) is 10.3. The van der Waals surface area contributed by atoms with Crippen molar-refractivity contribution in [3.63, 3.8) is 0 Å². The second-order valence-electron chi connectivity index (χ2n) is 6.57. The lowest BCUT2D eigenvalue weighted by atomic mass is 10.2. The highest BCUT2D eigenvalue weighted by Gasteiger charge is 2.20. The van der Waals surface area contributed by atoms with E-state index in [0.717, 1.165) is 37.2 Å². The Morgan fingerprint density at radius 3 is 2.42 bits per heavy atom. The van der Waals surface area contributed by atoms with E-state index in [9.17, 15) is 8.42 Å². The van der Waals surface area contributed by atoms with Crippen molar-refractivity contribution in [3.05, 3.63) is 72.8 Å². The Bertz CT molecular complexity index is 974. The number of anilines is 1. The molecule has 1 aromatic heterocycles. The van der Waals surface area contributed by atoms with Crippen LogP contribution >= 0.6 is 0 Å². The Kier molecular flexibility index (Phi) is 4.51. The molecule has 0 spiro atoms. The van der Waals surface area contributed by atoms with Crippen LogP contribution in [0.25, 0.3) is 0 Å². The fourth-order valence-electron chi connectivity index (χ4n) is 3.32. The van der Waals surface area contributed by atoms with Crippen molar-refractivity contribution in [1.82, 2.24) is 9.55 Å². The van der Waals surface area contributed by atoms with Crippen LogP contribution in [0.5, 0.6) is 0 Å². The molecular formula is C20H21N3O2S. The zero-order valence-electron chi connectivity index (χ0n) is 14.5. The lowest BCUT2D eigenvalue weighted by Gasteiger charge is -2.18. The Morgan fingerprint density at radius 2 is 1.73 bits per heavy atom. The second kappa shape index (κ2) is 6.96. The number of rotatable bonds is 5. The maximum Gasteiger partial charge on any atom is 0.206 e. The van der Waals surface area contributed by atoms with E-state index in [-0.39, 0.29) is 0 Å². The first-order chi connectivity index (χ1) is 12.6. The lowest BCUT2D eigenvalue weighted by molar-refractivity contribution is 0.596. The van der Waals surface area contributed by atoms with Gasteiger partial charge in [-0.3, -0.25) is 0 Å². The summed E-state index contributed by atoms with van der Waals surface area (Å²) >= 11 is 0. The Hall–Kier alpha value is -2.60. The Labute approximate surface area is 153 Å². The van der Waals surface area contributed by atoms with E-state index in [1.807, 2.05) is 35.0 Å². The van der Waals surface area contributed by atoms with E-state index in [1.54, 1.807) is 36.8 Å². The molecule has 0 aliphatic carbocycles. The van der Waals surface area contributed by atoms with Crippen molar-refractivity contribution in [1.29, 1.82) is 0 Å². The first-order valence-electron chi connectivity index (χ1n) is 8.78. The molecule has 2 aromatic carbocycles. The predicted octanol–water partition coefficient (Wildman–Crippen LogP) is 3.36. The molecule has 0 saturated carbocycles. The molecule has 134 valence electrons. The van der Waals surface area contributed by atoms with Crippen molar-refractivity contribution in [2.24, 2.45) is 0 Å². The van der Waals surface area contributed by atoms with Gasteiger partial charge >= 0.3 is 0 Å². The number of hydrogen-bond donors (Lipinski definition) is 0. The second-order valence-corrected chi connectivity index (χ2v) is 8.52. The van der Waals surface area contributed by atoms with E-state index < -0.39 is 9.84 Å². The largest absolute Gasteiger partial charge is 0.372 e. The first kappa shape index (κ1) is 16.8. The number of imidazole rings is 1. The van der Waals surface area contributed by atoms with Crippen LogP contribution < -0.4 is 4.90 Å². The molecule has 0 atom stereocenters. The number of hydrogen-bond acceptors (Lipinski definition) is 4. The number of aromatic nitrogens is 2. The molecule has 6 heteroatoms. The maximum atomic E-state index is 13.0. The normalized spacial score (nSPS) is 14.7. The van der Waals surface area contributed by atoms with Gasteiger partial charge in [-0.15, -0.1) is 0 Å². The van der Waals surface area contributed by atoms with Gasteiger partial charge in [0, 0.05) is 37.7 Å². The van der Waals surface area contributed by atoms with Crippen molar-refractivity contribution < 1.29 is 8.42 Å². The maximum absolute atomic E-state index is 13.0. The minimum atomic E-state index is -3.52. The Morgan fingerprint density at radius 1 is 0.962 bits per heavy atom. The highest BCUT2D eigenvalue weighted by molar-refractivity contribution is 7.91. The smallest absolute Gasteiger partial charge is 0.206 e.